The van der Waals surface area contributed by atoms with E-state index in [0.717, 1.165) is 6.42 Å². The quantitative estimate of drug-likeness (QED) is 0.463. The second kappa shape index (κ2) is 7.00. The zero-order valence-electron chi connectivity index (χ0n) is 14.0. The lowest BCUT2D eigenvalue weighted by atomic mass is 9.96. The summed E-state index contributed by atoms with van der Waals surface area (Å²) in [5.74, 6) is 0.0717. The molecular formula is C16H18ClN5O3S. The molecule has 1 aromatic carbocycles. The van der Waals surface area contributed by atoms with Gasteiger partial charge in [-0.2, -0.15) is 5.10 Å². The van der Waals surface area contributed by atoms with Crippen LogP contribution in [-0.2, 0) is 16.4 Å². The summed E-state index contributed by atoms with van der Waals surface area (Å²) in [5, 5.41) is 8.03. The van der Waals surface area contributed by atoms with Gasteiger partial charge >= 0.3 is 0 Å². The Morgan fingerprint density at radius 3 is 2.73 bits per heavy atom. The van der Waals surface area contributed by atoms with E-state index in [0.29, 0.717) is 34.8 Å². The predicted molar refractivity (Wildman–Crippen MR) is 100 cm³/mol. The van der Waals surface area contributed by atoms with Crippen LogP contribution >= 0.6 is 11.6 Å². The Balaban J connectivity index is 2.14. The molecule has 0 radical (unpaired) electrons. The van der Waals surface area contributed by atoms with E-state index in [2.05, 4.69) is 10.2 Å². The largest absolute Gasteiger partial charge is 0.495 e. The van der Waals surface area contributed by atoms with Crippen LogP contribution in [0.15, 0.2) is 45.6 Å². The van der Waals surface area contributed by atoms with Gasteiger partial charge in [0.25, 0.3) is 10.0 Å². The normalized spacial score (nSPS) is 15.5. The zero-order valence-corrected chi connectivity index (χ0v) is 15.6. The van der Waals surface area contributed by atoms with Gasteiger partial charge in [0, 0.05) is 22.5 Å². The SMILES string of the molecule is COc1ccc(Cl)cc1S(=O)(=O)n1ccc2c1CCC/C2=N/N=C(N)N. The molecule has 0 fully saturated rings. The van der Waals surface area contributed by atoms with Gasteiger partial charge in [-0.1, -0.05) is 11.6 Å². The molecule has 0 aliphatic heterocycles. The predicted octanol–water partition coefficient (Wildman–Crippen LogP) is 1.70. The molecule has 0 unspecified atom stereocenters. The van der Waals surface area contributed by atoms with Crippen molar-refractivity contribution >= 4 is 33.3 Å². The minimum absolute atomic E-state index is 0.000754. The molecule has 1 heterocycles. The molecule has 10 heteroatoms. The topological polar surface area (TPSA) is 125 Å². The van der Waals surface area contributed by atoms with Crippen LogP contribution in [0, 0.1) is 0 Å². The Hall–Kier alpha value is -2.52. The van der Waals surface area contributed by atoms with E-state index in [1.807, 2.05) is 0 Å². The van der Waals surface area contributed by atoms with Gasteiger partial charge in [-0.25, -0.2) is 12.4 Å². The lowest BCUT2D eigenvalue weighted by Crippen LogP contribution is -2.23. The van der Waals surface area contributed by atoms with Crippen molar-refractivity contribution in [3.8, 4) is 5.75 Å². The summed E-state index contributed by atoms with van der Waals surface area (Å²) in [6, 6.07) is 6.17. The monoisotopic (exact) mass is 395 g/mol. The number of hydrogen-bond acceptors (Lipinski definition) is 5. The van der Waals surface area contributed by atoms with Crippen LogP contribution in [0.2, 0.25) is 5.02 Å². The van der Waals surface area contributed by atoms with Gasteiger partial charge in [0.2, 0.25) is 5.96 Å². The highest BCUT2D eigenvalue weighted by Gasteiger charge is 2.28. The van der Waals surface area contributed by atoms with E-state index >= 15 is 0 Å². The molecule has 1 aliphatic rings. The summed E-state index contributed by atoms with van der Waals surface area (Å²) >= 11 is 5.99. The average molecular weight is 396 g/mol. The third kappa shape index (κ3) is 3.27. The van der Waals surface area contributed by atoms with Crippen molar-refractivity contribution in [3.63, 3.8) is 0 Å². The smallest absolute Gasteiger partial charge is 0.271 e. The Labute approximate surface area is 156 Å². The highest BCUT2D eigenvalue weighted by molar-refractivity contribution is 7.90. The van der Waals surface area contributed by atoms with E-state index < -0.39 is 10.0 Å². The Kier molecular flexibility index (Phi) is 4.92. The fraction of sp³-hybridized carbons (Fsp3) is 0.250. The van der Waals surface area contributed by atoms with Gasteiger partial charge in [0.15, 0.2) is 0 Å². The van der Waals surface area contributed by atoms with Crippen molar-refractivity contribution in [1.29, 1.82) is 0 Å². The number of ether oxygens (including phenoxy) is 1. The maximum atomic E-state index is 13.2. The number of hydrogen-bond donors (Lipinski definition) is 2. The van der Waals surface area contributed by atoms with E-state index in [4.69, 9.17) is 27.8 Å². The van der Waals surface area contributed by atoms with Gasteiger partial charge in [-0.05, 0) is 43.5 Å². The van der Waals surface area contributed by atoms with E-state index in [1.54, 1.807) is 12.1 Å². The second-order valence-corrected chi connectivity index (χ2v) is 7.92. The van der Waals surface area contributed by atoms with Crippen molar-refractivity contribution in [2.24, 2.45) is 21.7 Å². The molecule has 0 spiro atoms. The maximum Gasteiger partial charge on any atom is 0.271 e. The van der Waals surface area contributed by atoms with E-state index in [9.17, 15) is 8.42 Å². The van der Waals surface area contributed by atoms with E-state index in [-0.39, 0.29) is 16.6 Å². The lowest BCUT2D eigenvalue weighted by Gasteiger charge is -2.18. The summed E-state index contributed by atoms with van der Waals surface area (Å²) in [7, 11) is -2.48. The third-order valence-corrected chi connectivity index (χ3v) is 6.01. The Bertz CT molecular complexity index is 1010. The number of fused-ring (bicyclic) bond motifs is 1. The number of rotatable bonds is 4. The Morgan fingerprint density at radius 2 is 2.04 bits per heavy atom. The minimum atomic E-state index is -3.89. The molecule has 138 valence electrons. The van der Waals surface area contributed by atoms with Crippen molar-refractivity contribution in [3.05, 3.63) is 46.7 Å². The molecule has 0 saturated carbocycles. The summed E-state index contributed by atoms with van der Waals surface area (Å²) in [6.45, 7) is 0. The molecule has 2 aromatic rings. The highest BCUT2D eigenvalue weighted by atomic mass is 35.5. The first-order chi connectivity index (χ1) is 12.3. The molecule has 0 bridgehead atoms. The first-order valence-electron chi connectivity index (χ1n) is 7.79. The van der Waals surface area contributed by atoms with E-state index in [1.165, 1.54) is 29.4 Å². The van der Waals surface area contributed by atoms with Crippen molar-refractivity contribution in [2.45, 2.75) is 24.2 Å². The van der Waals surface area contributed by atoms with Gasteiger partial charge in [-0.3, -0.25) is 0 Å². The summed E-state index contributed by atoms with van der Waals surface area (Å²) in [6.07, 6.45) is 3.48. The first kappa shape index (κ1) is 18.3. The number of benzene rings is 1. The molecule has 0 atom stereocenters. The summed E-state index contributed by atoms with van der Waals surface area (Å²) in [4.78, 5) is -0.000754. The van der Waals surface area contributed by atoms with Crippen LogP contribution in [0.3, 0.4) is 0 Å². The zero-order chi connectivity index (χ0) is 18.9. The Morgan fingerprint density at radius 1 is 1.27 bits per heavy atom. The maximum absolute atomic E-state index is 13.2. The van der Waals surface area contributed by atoms with Gasteiger partial charge in [-0.15, -0.1) is 5.10 Å². The number of nitrogens with zero attached hydrogens (tertiary/aromatic N) is 3. The van der Waals surface area contributed by atoms with Gasteiger partial charge < -0.3 is 16.2 Å². The molecule has 0 amide bonds. The third-order valence-electron chi connectivity index (χ3n) is 4.04. The molecule has 26 heavy (non-hydrogen) atoms. The van der Waals surface area contributed by atoms with Crippen molar-refractivity contribution < 1.29 is 13.2 Å². The number of halogens is 1. The molecule has 1 aromatic heterocycles. The first-order valence-corrected chi connectivity index (χ1v) is 9.61. The molecule has 8 nitrogen and oxygen atoms in total. The van der Waals surface area contributed by atoms with Crippen LogP contribution < -0.4 is 16.2 Å². The fourth-order valence-electron chi connectivity index (χ4n) is 2.92. The highest BCUT2D eigenvalue weighted by Crippen LogP contribution is 2.32. The standard InChI is InChI=1S/C16H18ClN5O3S/c1-25-14-6-5-10(17)9-15(14)26(23,24)22-8-7-11-12(20-21-16(18)19)3-2-4-13(11)22/h5-9H,2-4H2,1H3,(H4,18,19,21)/b20-12-. The van der Waals surface area contributed by atoms with Crippen molar-refractivity contribution in [1.82, 2.24) is 3.97 Å². The summed E-state index contributed by atoms with van der Waals surface area (Å²) in [5.41, 5.74) is 12.6. The minimum Gasteiger partial charge on any atom is -0.495 e. The average Bonchev–Trinajstić information content (AvgIpc) is 3.05. The van der Waals surface area contributed by atoms with Crippen LogP contribution in [0.25, 0.3) is 0 Å². The van der Waals surface area contributed by atoms with Crippen LogP contribution in [-0.4, -0.2) is 31.2 Å². The molecule has 1 aliphatic carbocycles. The van der Waals surface area contributed by atoms with Crippen LogP contribution in [0.5, 0.6) is 5.75 Å². The van der Waals surface area contributed by atoms with Gasteiger partial charge in [0.1, 0.15) is 10.6 Å². The van der Waals surface area contributed by atoms with Crippen LogP contribution in [0.1, 0.15) is 24.1 Å². The molecule has 4 N–H and O–H groups in total. The van der Waals surface area contributed by atoms with Crippen LogP contribution in [0.4, 0.5) is 0 Å². The van der Waals surface area contributed by atoms with Crippen molar-refractivity contribution in [2.75, 3.05) is 7.11 Å². The number of guanidine groups is 1. The molecule has 0 saturated heterocycles. The number of aromatic nitrogens is 1. The number of methoxy groups -OCH3 is 1. The van der Waals surface area contributed by atoms with Gasteiger partial charge in [0.05, 0.1) is 12.8 Å². The lowest BCUT2D eigenvalue weighted by molar-refractivity contribution is 0.402. The molecule has 3 rings (SSSR count). The molecular weight excluding hydrogens is 378 g/mol. The fourth-order valence-corrected chi connectivity index (χ4v) is 4.75. The number of nitrogens with two attached hydrogens (primary N) is 2. The summed E-state index contributed by atoms with van der Waals surface area (Å²) < 4.78 is 32.8. The second-order valence-electron chi connectivity index (χ2n) is 5.70.